The highest BCUT2D eigenvalue weighted by Crippen LogP contribution is 2.41. The molecule has 20 atom stereocenters. The second kappa shape index (κ2) is 37.0. The third-order valence-corrected chi connectivity index (χ3v) is 29.8. The molecular formula is C79H118O16Si2. The fourth-order valence-corrected chi connectivity index (χ4v) is 14.6. The SMILES string of the molecule is C[C@@H]1OC(CO)[C@H](O)[C@H](C)C1OCc1ccccc1.C[C@@H]1OC(CO[Si](C)(C)C(C)(C)C)C(=O)[C@H](C)C1OCc1ccccc1.C[C@@H]1OC(CO[Si](C)(C)C(C)(C)C)[C@H](O)[C@H](C)C1OCc1ccccc1.C[C@@H]1OC2COC(c3ccccc3)O[C@@H]2[C@H](C)C1OCc1ccccc1. The lowest BCUT2D eigenvalue weighted by atomic mass is 9.87. The first-order valence-corrected chi connectivity index (χ1v) is 41.1. The van der Waals surface area contributed by atoms with Gasteiger partial charge in [0.1, 0.15) is 24.4 Å². The molecule has 0 saturated carbocycles. The number of hydrogen-bond donors (Lipinski definition) is 3. The Hall–Kier alpha value is -4.40. The normalized spacial score (nSPS) is 31.6. The van der Waals surface area contributed by atoms with Crippen molar-refractivity contribution >= 4 is 22.4 Å². The minimum absolute atomic E-state index is 0.00419. The Morgan fingerprint density at radius 2 is 0.794 bits per heavy atom. The first-order chi connectivity index (χ1) is 45.9. The van der Waals surface area contributed by atoms with Gasteiger partial charge in [0.05, 0.1) is 120 Å². The largest absolute Gasteiger partial charge is 0.414 e. The number of Topliss-reactive ketones (excluding diaryl/α,β-unsaturated/α-hetero) is 1. The van der Waals surface area contributed by atoms with E-state index in [1.807, 2.05) is 181 Å². The maximum atomic E-state index is 12.8. The zero-order chi connectivity index (χ0) is 70.8. The van der Waals surface area contributed by atoms with E-state index in [-0.39, 0.29) is 120 Å². The summed E-state index contributed by atoms with van der Waals surface area (Å²) in [6, 6.07) is 50.3. The lowest BCUT2D eigenvalue weighted by Crippen LogP contribution is -2.57. The zero-order valence-electron chi connectivity index (χ0n) is 61.3. The number of aliphatic hydroxyl groups excluding tert-OH is 3. The van der Waals surface area contributed by atoms with Crippen molar-refractivity contribution in [3.05, 3.63) is 179 Å². The van der Waals surface area contributed by atoms with Crippen molar-refractivity contribution in [2.75, 3.05) is 26.4 Å². The van der Waals surface area contributed by atoms with Gasteiger partial charge in [0.25, 0.3) is 0 Å². The number of carbonyl (C=O) groups is 1. The van der Waals surface area contributed by atoms with E-state index in [1.54, 1.807) is 0 Å². The number of carbonyl (C=O) groups excluding carboxylic acids is 1. The van der Waals surface area contributed by atoms with E-state index in [4.69, 9.17) is 61.3 Å². The number of fused-ring (bicyclic) bond motifs is 1. The van der Waals surface area contributed by atoms with E-state index in [0.29, 0.717) is 46.2 Å². The van der Waals surface area contributed by atoms with Crippen LogP contribution in [0, 0.1) is 23.7 Å². The Balaban J connectivity index is 0.000000184. The van der Waals surface area contributed by atoms with Gasteiger partial charge >= 0.3 is 0 Å². The highest BCUT2D eigenvalue weighted by Gasteiger charge is 2.49. The molecule has 5 saturated heterocycles. The Morgan fingerprint density at radius 1 is 0.443 bits per heavy atom. The summed E-state index contributed by atoms with van der Waals surface area (Å²) in [4.78, 5) is 12.8. The lowest BCUT2D eigenvalue weighted by molar-refractivity contribution is -0.319. The van der Waals surface area contributed by atoms with E-state index in [0.717, 1.165) is 22.3 Å². The van der Waals surface area contributed by atoms with E-state index in [1.165, 1.54) is 5.56 Å². The number of ether oxygens (including phenoxy) is 10. The molecule has 0 aromatic heterocycles. The van der Waals surface area contributed by atoms with Crippen molar-refractivity contribution in [3.8, 4) is 0 Å². The average molecular weight is 1380 g/mol. The Bertz CT molecular complexity index is 3030. The van der Waals surface area contributed by atoms with Gasteiger partial charge in [-0.25, -0.2) is 0 Å². The molecule has 5 aromatic rings. The summed E-state index contributed by atoms with van der Waals surface area (Å²) < 4.78 is 72.8. The quantitative estimate of drug-likeness (QED) is 0.0624. The zero-order valence-corrected chi connectivity index (χ0v) is 63.3. The minimum atomic E-state index is -1.90. The molecule has 5 aliphatic rings. The highest BCUT2D eigenvalue weighted by molar-refractivity contribution is 6.74. The van der Waals surface area contributed by atoms with Crippen molar-refractivity contribution < 1.29 is 76.3 Å². The number of hydrogen-bond acceptors (Lipinski definition) is 16. The monoisotopic (exact) mass is 1380 g/mol. The lowest BCUT2D eigenvalue weighted by Gasteiger charge is -2.48. The summed E-state index contributed by atoms with van der Waals surface area (Å²) in [7, 11) is -3.76. The molecule has 0 bridgehead atoms. The van der Waals surface area contributed by atoms with E-state index in [9.17, 15) is 15.0 Å². The Morgan fingerprint density at radius 3 is 1.21 bits per heavy atom. The van der Waals surface area contributed by atoms with Crippen LogP contribution in [0.25, 0.3) is 0 Å². The maximum absolute atomic E-state index is 12.8. The first-order valence-electron chi connectivity index (χ1n) is 35.3. The maximum Gasteiger partial charge on any atom is 0.192 e. The summed E-state index contributed by atoms with van der Waals surface area (Å²) in [5.41, 5.74) is 5.54. The number of rotatable bonds is 20. The predicted molar refractivity (Wildman–Crippen MR) is 384 cm³/mol. The first kappa shape index (κ1) is 79.9. The number of aliphatic hydroxyl groups is 3. The third kappa shape index (κ3) is 22.5. The molecule has 0 amide bonds. The summed E-state index contributed by atoms with van der Waals surface area (Å²) >= 11 is 0. The molecule has 3 N–H and O–H groups in total. The molecule has 538 valence electrons. The van der Waals surface area contributed by atoms with Crippen LogP contribution in [-0.4, -0.2) is 156 Å². The van der Waals surface area contributed by atoms with Crippen molar-refractivity contribution in [2.24, 2.45) is 23.7 Å². The van der Waals surface area contributed by atoms with Crippen LogP contribution in [0.15, 0.2) is 152 Å². The van der Waals surface area contributed by atoms with Crippen molar-refractivity contribution in [3.63, 3.8) is 0 Å². The van der Waals surface area contributed by atoms with Gasteiger partial charge in [0.15, 0.2) is 28.7 Å². The van der Waals surface area contributed by atoms with Gasteiger partial charge in [-0.15, -0.1) is 0 Å². The summed E-state index contributed by atoms with van der Waals surface area (Å²) in [5.74, 6) is 0.0398. The number of benzene rings is 5. The summed E-state index contributed by atoms with van der Waals surface area (Å²) in [5, 5.41) is 30.2. The molecule has 5 aliphatic heterocycles. The molecule has 16 nitrogen and oxygen atoms in total. The molecule has 0 spiro atoms. The van der Waals surface area contributed by atoms with E-state index in [2.05, 4.69) is 93.7 Å². The standard InChI is InChI=1S/C22H26O4.C21H36O4Si.C21H34O4Si.C15H22O4/c1-15-20(23-13-17-9-5-3-6-10-17)16(2)25-19-14-24-22(26-21(15)19)18-11-7-4-8-12-18;2*1-15-19(22)18(14-24-26(6,7)21(3,4)5)25-16(2)20(15)23-13-17-11-9-8-10-12-17;1-10-14(17)13(8-16)19-11(2)15(10)18-9-12-6-4-3-5-7-12/h3-12,15-16,19-22H,13-14H2,1-2H3;8-12,15-16,18-20,22H,13-14H2,1-7H3;8-12,15-16,18,20H,13-14H2,1-7H3;3-7,10-11,13-17H,8-9H2,1-2H3/t15-,16+,19?,20?,21-,22?;15-,16-,18?,19+,20?;15-,16-,18?,20?;10-,11-,13?,14+,15?/m1000/s1. The van der Waals surface area contributed by atoms with Crippen LogP contribution < -0.4 is 0 Å². The van der Waals surface area contributed by atoms with E-state index < -0.39 is 41.1 Å². The van der Waals surface area contributed by atoms with Crippen LogP contribution in [0.1, 0.15) is 131 Å². The second-order valence-electron chi connectivity index (χ2n) is 30.3. The molecule has 0 radical (unpaired) electrons. The molecule has 5 aromatic carbocycles. The molecule has 9 unspecified atom stereocenters. The van der Waals surface area contributed by atoms with Gasteiger partial charge in [-0.3, -0.25) is 4.79 Å². The topological polar surface area (TPSA) is 189 Å². The molecule has 5 heterocycles. The molecule has 18 heteroatoms. The number of ketones is 1. The summed E-state index contributed by atoms with van der Waals surface area (Å²) in [6.07, 6.45) is -3.89. The fraction of sp³-hybridized carbons (Fsp3) is 0.608. The second-order valence-corrected chi connectivity index (χ2v) is 39.9. The van der Waals surface area contributed by atoms with Crippen molar-refractivity contribution in [2.45, 2.75) is 257 Å². The van der Waals surface area contributed by atoms with Crippen LogP contribution in [0.3, 0.4) is 0 Å². The van der Waals surface area contributed by atoms with E-state index >= 15 is 0 Å². The predicted octanol–water partition coefficient (Wildman–Crippen LogP) is 14.4. The molecular weight excluding hydrogens is 1260 g/mol. The van der Waals surface area contributed by atoms with Gasteiger partial charge in [-0.05, 0) is 86.2 Å². The van der Waals surface area contributed by atoms with Crippen molar-refractivity contribution in [1.82, 2.24) is 0 Å². The molecule has 10 rings (SSSR count). The van der Waals surface area contributed by atoms with Crippen LogP contribution in [0.5, 0.6) is 0 Å². The third-order valence-electron chi connectivity index (χ3n) is 20.8. The minimum Gasteiger partial charge on any atom is -0.414 e. The Labute approximate surface area is 582 Å². The highest BCUT2D eigenvalue weighted by atomic mass is 28.4. The van der Waals surface area contributed by atoms with Gasteiger partial charge in [-0.2, -0.15) is 0 Å². The van der Waals surface area contributed by atoms with Crippen LogP contribution in [0.4, 0.5) is 0 Å². The smallest absolute Gasteiger partial charge is 0.192 e. The average Bonchev–Trinajstić information content (AvgIpc) is 0.853. The van der Waals surface area contributed by atoms with Gasteiger partial charge < -0.3 is 71.5 Å². The molecule has 0 aliphatic carbocycles. The van der Waals surface area contributed by atoms with Gasteiger partial charge in [0, 0.05) is 29.2 Å². The Kier molecular flexibility index (Phi) is 30.5. The molecule has 5 fully saturated rings. The van der Waals surface area contributed by atoms with Gasteiger partial charge in [0.2, 0.25) is 0 Å². The van der Waals surface area contributed by atoms with Crippen LogP contribution in [0.2, 0.25) is 36.3 Å². The van der Waals surface area contributed by atoms with Crippen molar-refractivity contribution in [1.29, 1.82) is 0 Å². The van der Waals surface area contributed by atoms with Crippen LogP contribution >= 0.6 is 0 Å². The van der Waals surface area contributed by atoms with Crippen LogP contribution in [-0.2, 0) is 87.4 Å². The fourth-order valence-electron chi connectivity index (χ4n) is 12.6. The molecule has 97 heavy (non-hydrogen) atoms. The van der Waals surface area contributed by atoms with Gasteiger partial charge in [-0.1, -0.05) is 221 Å². The summed E-state index contributed by atoms with van der Waals surface area (Å²) in [6.45, 7) is 41.5.